The van der Waals surface area contributed by atoms with Gasteiger partial charge >= 0.3 is 18.1 Å². The molecule has 7 nitrogen and oxygen atoms in total. The molecule has 4 aromatic rings. The number of carbonyl (C=O) groups is 2. The smallest absolute Gasteiger partial charge is 0.453 e. The number of ketones is 1. The summed E-state index contributed by atoms with van der Waals surface area (Å²) in [5.74, 6) is -5.53. The number of carbonyl (C=O) groups excluding carboxylic acids is 2. The largest absolute Gasteiger partial charge is 0.493 e. The lowest BCUT2D eigenvalue weighted by molar-refractivity contribution is -0.284. The van der Waals surface area contributed by atoms with E-state index in [1.54, 1.807) is 36.4 Å². The zero-order valence-corrected chi connectivity index (χ0v) is 25.4. The third-order valence-corrected chi connectivity index (χ3v) is 7.19. The van der Waals surface area contributed by atoms with Gasteiger partial charge in [-0.05, 0) is 90.2 Å². The van der Waals surface area contributed by atoms with Crippen LogP contribution in [0, 0.1) is 6.92 Å². The Morgan fingerprint density at radius 2 is 1.53 bits per heavy atom. The van der Waals surface area contributed by atoms with Gasteiger partial charge < -0.3 is 25.7 Å². The van der Waals surface area contributed by atoms with Gasteiger partial charge in [0.15, 0.2) is 17.3 Å². The Balaban J connectivity index is 1.37. The van der Waals surface area contributed by atoms with Crippen molar-refractivity contribution in [3.8, 4) is 28.4 Å². The summed E-state index contributed by atoms with van der Waals surface area (Å²) in [4.78, 5) is 25.9. The molecule has 0 aromatic heterocycles. The van der Waals surface area contributed by atoms with Crippen LogP contribution in [-0.2, 0) is 0 Å². The molecule has 246 valence electrons. The van der Waals surface area contributed by atoms with Crippen molar-refractivity contribution < 1.29 is 45.8 Å². The second-order valence-corrected chi connectivity index (χ2v) is 10.5. The number of esters is 1. The number of allylic oxidation sites excluding steroid dienone is 1. The van der Waals surface area contributed by atoms with Gasteiger partial charge in [-0.3, -0.25) is 4.79 Å². The molecule has 0 saturated carbocycles. The van der Waals surface area contributed by atoms with Gasteiger partial charge in [-0.1, -0.05) is 36.4 Å². The molecule has 0 saturated heterocycles. The van der Waals surface area contributed by atoms with Crippen LogP contribution < -0.4 is 25.7 Å². The molecule has 0 aliphatic carbocycles. The molecule has 0 aliphatic heterocycles. The van der Waals surface area contributed by atoms with Crippen LogP contribution in [0.15, 0.2) is 84.9 Å². The first kappa shape index (κ1) is 34.5. The summed E-state index contributed by atoms with van der Waals surface area (Å²) in [6, 6.07) is 21.2. The number of ether oxygens (including phenoxy) is 3. The highest BCUT2D eigenvalue weighted by molar-refractivity contribution is 6.12. The first-order valence-electron chi connectivity index (χ1n) is 14.2. The molecule has 0 amide bonds. The Hall–Kier alpha value is -5.39. The predicted molar refractivity (Wildman–Crippen MR) is 169 cm³/mol. The number of hydrogen-bond acceptors (Lipinski definition) is 7. The van der Waals surface area contributed by atoms with Crippen molar-refractivity contribution in [1.29, 1.82) is 0 Å². The van der Waals surface area contributed by atoms with Crippen molar-refractivity contribution in [2.75, 3.05) is 25.2 Å². The second kappa shape index (κ2) is 14.4. The standard InChI is InChI=1S/C35H31F5N2O5/c1-21-27(23-7-10-25(41)11-8-23)14-15-28(42)32(21)29(43)16-6-22-4-12-26(13-5-22)47-33(44)24-9-17-30(31(20-24)45-2)46-19-3-18-34(36,37)35(38,39)40/h4-17,20H,3,18-19,41-42H2,1-2H3/b16-6+. The fourth-order valence-corrected chi connectivity index (χ4v) is 4.64. The predicted octanol–water partition coefficient (Wildman–Crippen LogP) is 8.31. The van der Waals surface area contributed by atoms with Crippen LogP contribution in [0.2, 0.25) is 0 Å². The minimum atomic E-state index is -5.64. The molecule has 0 atom stereocenters. The van der Waals surface area contributed by atoms with E-state index < -0.39 is 37.5 Å². The minimum Gasteiger partial charge on any atom is -0.493 e. The molecule has 0 unspecified atom stereocenters. The van der Waals surface area contributed by atoms with Gasteiger partial charge in [-0.25, -0.2) is 4.79 Å². The quantitative estimate of drug-likeness (QED) is 0.0300. The SMILES string of the molecule is COc1cc(C(=O)Oc2ccc(/C=C/C(=O)c3c(N)ccc(-c4ccc(N)cc4)c3C)cc2)ccc1OCCCC(F)(F)C(F)(F)F. The average molecular weight is 655 g/mol. The van der Waals surface area contributed by atoms with E-state index in [2.05, 4.69) is 0 Å². The number of alkyl halides is 5. The van der Waals surface area contributed by atoms with Crippen molar-refractivity contribution in [1.82, 2.24) is 0 Å². The summed E-state index contributed by atoms with van der Waals surface area (Å²) in [5.41, 5.74) is 16.5. The summed E-state index contributed by atoms with van der Waals surface area (Å²) in [6.07, 6.45) is -4.61. The summed E-state index contributed by atoms with van der Waals surface area (Å²) in [6.45, 7) is 1.40. The zero-order valence-electron chi connectivity index (χ0n) is 25.4. The molecule has 0 spiro atoms. The third kappa shape index (κ3) is 8.46. The normalized spacial score (nSPS) is 11.8. The molecule has 47 heavy (non-hydrogen) atoms. The van der Waals surface area contributed by atoms with Crippen LogP contribution in [0.25, 0.3) is 17.2 Å². The molecule has 0 fully saturated rings. The number of methoxy groups -OCH3 is 1. The van der Waals surface area contributed by atoms with E-state index in [4.69, 9.17) is 25.7 Å². The van der Waals surface area contributed by atoms with Gasteiger partial charge in [0, 0.05) is 23.4 Å². The first-order chi connectivity index (χ1) is 22.2. The van der Waals surface area contributed by atoms with Crippen molar-refractivity contribution in [3.05, 3.63) is 107 Å². The van der Waals surface area contributed by atoms with Gasteiger partial charge in [0.2, 0.25) is 0 Å². The molecule has 4 aromatic carbocycles. The topological polar surface area (TPSA) is 114 Å². The number of hydrogen-bond donors (Lipinski definition) is 2. The summed E-state index contributed by atoms with van der Waals surface area (Å²) in [5, 5.41) is 0. The lowest BCUT2D eigenvalue weighted by Crippen LogP contribution is -2.36. The highest BCUT2D eigenvalue weighted by Crippen LogP contribution is 2.39. The number of benzene rings is 4. The highest BCUT2D eigenvalue weighted by atomic mass is 19.4. The number of nitrogen functional groups attached to an aromatic ring is 2. The number of halogens is 5. The fourth-order valence-electron chi connectivity index (χ4n) is 4.64. The summed E-state index contributed by atoms with van der Waals surface area (Å²) < 4.78 is 79.1. The van der Waals surface area contributed by atoms with Crippen LogP contribution in [-0.4, -0.2) is 37.6 Å². The maximum absolute atomic E-state index is 13.1. The molecule has 0 aliphatic rings. The molecule has 4 rings (SSSR count). The monoisotopic (exact) mass is 654 g/mol. The van der Waals surface area contributed by atoms with E-state index in [-0.39, 0.29) is 28.6 Å². The summed E-state index contributed by atoms with van der Waals surface area (Å²) >= 11 is 0. The molecule has 12 heteroatoms. The van der Waals surface area contributed by atoms with Crippen LogP contribution in [0.1, 0.15) is 44.7 Å². The molecule has 4 N–H and O–H groups in total. The Morgan fingerprint density at radius 3 is 2.17 bits per heavy atom. The molecule has 0 heterocycles. The number of anilines is 2. The minimum absolute atomic E-state index is 0.0546. The lowest BCUT2D eigenvalue weighted by atomic mass is 9.93. The fraction of sp³-hybridized carbons (Fsp3) is 0.200. The number of rotatable bonds is 12. The Kier molecular flexibility index (Phi) is 10.5. The Morgan fingerprint density at radius 1 is 0.851 bits per heavy atom. The van der Waals surface area contributed by atoms with Gasteiger partial charge in [-0.15, -0.1) is 0 Å². The Labute approximate surface area is 267 Å². The van der Waals surface area contributed by atoms with E-state index >= 15 is 0 Å². The van der Waals surface area contributed by atoms with Crippen molar-refractivity contribution >= 4 is 29.2 Å². The van der Waals surface area contributed by atoms with Crippen molar-refractivity contribution in [2.45, 2.75) is 31.9 Å². The van der Waals surface area contributed by atoms with Crippen LogP contribution in [0.4, 0.5) is 33.3 Å². The number of nitrogens with two attached hydrogens (primary N) is 2. The van der Waals surface area contributed by atoms with Crippen LogP contribution in [0.3, 0.4) is 0 Å². The van der Waals surface area contributed by atoms with Gasteiger partial charge in [-0.2, -0.15) is 22.0 Å². The highest BCUT2D eigenvalue weighted by Gasteiger charge is 2.56. The van der Waals surface area contributed by atoms with E-state index in [1.807, 2.05) is 25.1 Å². The zero-order chi connectivity index (χ0) is 34.4. The second-order valence-electron chi connectivity index (χ2n) is 10.5. The van der Waals surface area contributed by atoms with Crippen molar-refractivity contribution in [2.24, 2.45) is 0 Å². The average Bonchev–Trinajstić information content (AvgIpc) is 3.03. The summed E-state index contributed by atoms with van der Waals surface area (Å²) in [7, 11) is 1.28. The lowest BCUT2D eigenvalue weighted by Gasteiger charge is -2.19. The van der Waals surface area contributed by atoms with Crippen molar-refractivity contribution in [3.63, 3.8) is 0 Å². The van der Waals surface area contributed by atoms with Gasteiger partial charge in [0.05, 0.1) is 19.3 Å². The first-order valence-corrected chi connectivity index (χ1v) is 14.2. The Bertz CT molecular complexity index is 1770. The molecule has 0 radical (unpaired) electrons. The maximum atomic E-state index is 13.1. The van der Waals surface area contributed by atoms with Gasteiger partial charge in [0.25, 0.3) is 0 Å². The third-order valence-electron chi connectivity index (χ3n) is 7.19. The molecular formula is C35H31F5N2O5. The molecular weight excluding hydrogens is 623 g/mol. The maximum Gasteiger partial charge on any atom is 0.453 e. The van der Waals surface area contributed by atoms with E-state index in [0.29, 0.717) is 22.5 Å². The van der Waals surface area contributed by atoms with E-state index in [9.17, 15) is 31.5 Å². The van der Waals surface area contributed by atoms with E-state index in [0.717, 1.165) is 16.7 Å². The van der Waals surface area contributed by atoms with Gasteiger partial charge in [0.1, 0.15) is 5.75 Å². The molecule has 0 bridgehead atoms. The van der Waals surface area contributed by atoms with Crippen LogP contribution in [0.5, 0.6) is 17.2 Å². The van der Waals surface area contributed by atoms with Crippen LogP contribution >= 0.6 is 0 Å². The van der Waals surface area contributed by atoms with E-state index in [1.165, 1.54) is 43.5 Å².